The van der Waals surface area contributed by atoms with Crippen LogP contribution in [0.25, 0.3) is 0 Å². The third kappa shape index (κ3) is 4.02. The van der Waals surface area contributed by atoms with Gasteiger partial charge in [0.25, 0.3) is 0 Å². The molecule has 0 unspecified atom stereocenters. The van der Waals surface area contributed by atoms with Gasteiger partial charge in [0, 0.05) is 13.1 Å². The number of carbonyl (C=O) groups is 1. The van der Waals surface area contributed by atoms with E-state index in [0.717, 1.165) is 19.5 Å². The van der Waals surface area contributed by atoms with Gasteiger partial charge in [-0.3, -0.25) is 0 Å². The van der Waals surface area contributed by atoms with Crippen molar-refractivity contribution >= 4 is 34.9 Å². The highest BCUT2D eigenvalue weighted by Gasteiger charge is 2.26. The van der Waals surface area contributed by atoms with Gasteiger partial charge >= 0.3 is 6.03 Å². The second-order valence-electron chi connectivity index (χ2n) is 4.92. The Kier molecular flexibility index (Phi) is 4.94. The molecule has 0 aliphatic heterocycles. The lowest BCUT2D eigenvalue weighted by molar-refractivity contribution is 0.209. The van der Waals surface area contributed by atoms with Gasteiger partial charge in [0.15, 0.2) is 0 Å². The van der Waals surface area contributed by atoms with Crippen molar-refractivity contribution in [2.45, 2.75) is 26.2 Å². The fourth-order valence-corrected chi connectivity index (χ4v) is 2.30. The first-order valence-corrected chi connectivity index (χ1v) is 7.37. The average molecular weight is 301 g/mol. The number of nitrogens with one attached hydrogen (secondary N) is 1. The summed E-state index contributed by atoms with van der Waals surface area (Å²) in [4.78, 5) is 14.1. The summed E-state index contributed by atoms with van der Waals surface area (Å²) in [5.41, 5.74) is 0.566. The monoisotopic (exact) mass is 300 g/mol. The van der Waals surface area contributed by atoms with Gasteiger partial charge in [-0.2, -0.15) is 0 Å². The molecule has 1 saturated carbocycles. The lowest BCUT2D eigenvalue weighted by Crippen LogP contribution is -2.37. The molecule has 0 atom stereocenters. The molecule has 0 saturated heterocycles. The molecule has 0 aromatic heterocycles. The van der Waals surface area contributed by atoms with Gasteiger partial charge in [0.05, 0.1) is 15.7 Å². The van der Waals surface area contributed by atoms with Crippen molar-refractivity contribution in [2.75, 3.05) is 18.4 Å². The van der Waals surface area contributed by atoms with E-state index in [9.17, 15) is 4.79 Å². The van der Waals surface area contributed by atoms with Crippen LogP contribution in [0.15, 0.2) is 18.2 Å². The number of hydrogen-bond acceptors (Lipinski definition) is 1. The van der Waals surface area contributed by atoms with Crippen LogP contribution >= 0.6 is 23.2 Å². The van der Waals surface area contributed by atoms with Crippen molar-refractivity contribution in [2.24, 2.45) is 5.92 Å². The summed E-state index contributed by atoms with van der Waals surface area (Å²) < 4.78 is 0. The topological polar surface area (TPSA) is 32.3 Å². The summed E-state index contributed by atoms with van der Waals surface area (Å²) >= 11 is 12.0. The highest BCUT2D eigenvalue weighted by molar-refractivity contribution is 6.43. The fraction of sp³-hybridized carbons (Fsp3) is 0.500. The van der Waals surface area contributed by atoms with Crippen LogP contribution in [0.2, 0.25) is 10.0 Å². The molecule has 5 heteroatoms. The zero-order valence-corrected chi connectivity index (χ0v) is 12.5. The summed E-state index contributed by atoms with van der Waals surface area (Å²) in [6.45, 7) is 3.66. The molecule has 1 aromatic carbocycles. The zero-order chi connectivity index (χ0) is 13.8. The normalized spacial score (nSPS) is 14.3. The maximum atomic E-state index is 12.2. The Morgan fingerprint density at radius 1 is 1.42 bits per heavy atom. The number of halogens is 2. The van der Waals surface area contributed by atoms with E-state index < -0.39 is 0 Å². The molecular formula is C14H18Cl2N2O. The van der Waals surface area contributed by atoms with Crippen LogP contribution in [-0.4, -0.2) is 24.0 Å². The summed E-state index contributed by atoms with van der Waals surface area (Å²) in [6, 6.07) is 5.13. The van der Waals surface area contributed by atoms with Crippen LogP contribution in [0.5, 0.6) is 0 Å². The first-order valence-electron chi connectivity index (χ1n) is 6.61. The van der Waals surface area contributed by atoms with Gasteiger partial charge in [0.1, 0.15) is 0 Å². The fourth-order valence-electron chi connectivity index (χ4n) is 1.95. The Bertz CT molecular complexity index is 461. The van der Waals surface area contributed by atoms with Gasteiger partial charge in [-0.15, -0.1) is 0 Å². The Labute approximate surface area is 123 Å². The summed E-state index contributed by atoms with van der Waals surface area (Å²) in [6.07, 6.45) is 3.40. The molecule has 0 bridgehead atoms. The van der Waals surface area contributed by atoms with Gasteiger partial charge in [0.2, 0.25) is 0 Å². The minimum absolute atomic E-state index is 0.0992. The number of anilines is 1. The van der Waals surface area contributed by atoms with E-state index in [0.29, 0.717) is 21.7 Å². The van der Waals surface area contributed by atoms with Crippen molar-refractivity contribution in [1.29, 1.82) is 0 Å². The van der Waals surface area contributed by atoms with Crippen molar-refractivity contribution in [3.8, 4) is 0 Å². The molecule has 1 fully saturated rings. The third-order valence-corrected chi connectivity index (χ3v) is 3.97. The highest BCUT2D eigenvalue weighted by atomic mass is 35.5. The second kappa shape index (κ2) is 6.49. The van der Waals surface area contributed by atoms with E-state index in [1.807, 2.05) is 4.90 Å². The van der Waals surface area contributed by atoms with Gasteiger partial charge < -0.3 is 10.2 Å². The number of carbonyl (C=O) groups excluding carboxylic acids is 1. The average Bonchev–Trinajstić information content (AvgIpc) is 3.18. The molecule has 1 N–H and O–H groups in total. The number of nitrogens with zero attached hydrogens (tertiary/aromatic N) is 1. The minimum Gasteiger partial charge on any atom is -0.324 e. The molecule has 104 valence electrons. The number of amides is 2. The van der Waals surface area contributed by atoms with Crippen LogP contribution in [0.4, 0.5) is 10.5 Å². The summed E-state index contributed by atoms with van der Waals surface area (Å²) in [5, 5.41) is 3.68. The summed E-state index contributed by atoms with van der Waals surface area (Å²) in [7, 11) is 0. The quantitative estimate of drug-likeness (QED) is 0.843. The Balaban J connectivity index is 2.02. The summed E-state index contributed by atoms with van der Waals surface area (Å²) in [5.74, 6) is 0.673. The van der Waals surface area contributed by atoms with E-state index in [2.05, 4.69) is 12.2 Å². The van der Waals surface area contributed by atoms with Crippen LogP contribution < -0.4 is 5.32 Å². The third-order valence-electron chi connectivity index (χ3n) is 3.15. The lowest BCUT2D eigenvalue weighted by Gasteiger charge is -2.22. The van der Waals surface area contributed by atoms with Crippen LogP contribution in [0, 0.1) is 5.92 Å². The molecule has 0 radical (unpaired) electrons. The van der Waals surface area contributed by atoms with Crippen LogP contribution in [-0.2, 0) is 0 Å². The van der Waals surface area contributed by atoms with E-state index in [4.69, 9.17) is 23.2 Å². The molecule has 0 heterocycles. The van der Waals surface area contributed by atoms with Gasteiger partial charge in [-0.25, -0.2) is 4.79 Å². The maximum Gasteiger partial charge on any atom is 0.321 e. The van der Waals surface area contributed by atoms with E-state index in [-0.39, 0.29) is 6.03 Å². The standard InChI is InChI=1S/C14H18Cl2N2O/c1-2-8-18(9-10-6-7-10)14(19)17-12-5-3-4-11(15)13(12)16/h3-5,10H,2,6-9H2,1H3,(H,17,19). The van der Waals surface area contributed by atoms with Crippen molar-refractivity contribution in [3.63, 3.8) is 0 Å². The Hall–Kier alpha value is -0.930. The van der Waals surface area contributed by atoms with Crippen LogP contribution in [0.1, 0.15) is 26.2 Å². The number of hydrogen-bond donors (Lipinski definition) is 1. The maximum absolute atomic E-state index is 12.2. The molecule has 1 aliphatic carbocycles. The van der Waals surface area contributed by atoms with Gasteiger partial charge in [-0.05, 0) is 37.3 Å². The molecule has 3 nitrogen and oxygen atoms in total. The van der Waals surface area contributed by atoms with Gasteiger partial charge in [-0.1, -0.05) is 36.2 Å². The predicted octanol–water partition coefficient (Wildman–Crippen LogP) is 4.65. The molecular weight excluding hydrogens is 283 g/mol. The SMILES string of the molecule is CCCN(CC1CC1)C(=O)Nc1cccc(Cl)c1Cl. The molecule has 2 rings (SSSR count). The second-order valence-corrected chi connectivity index (χ2v) is 5.71. The molecule has 19 heavy (non-hydrogen) atoms. The smallest absolute Gasteiger partial charge is 0.321 e. The Morgan fingerprint density at radius 2 is 2.16 bits per heavy atom. The zero-order valence-electron chi connectivity index (χ0n) is 11.0. The lowest BCUT2D eigenvalue weighted by atomic mass is 10.3. The Morgan fingerprint density at radius 3 is 2.79 bits per heavy atom. The van der Waals surface area contributed by atoms with Crippen molar-refractivity contribution < 1.29 is 4.79 Å². The number of rotatable bonds is 5. The van der Waals surface area contributed by atoms with E-state index in [1.54, 1.807) is 18.2 Å². The first-order chi connectivity index (χ1) is 9.11. The van der Waals surface area contributed by atoms with Crippen molar-refractivity contribution in [3.05, 3.63) is 28.2 Å². The number of urea groups is 1. The first kappa shape index (κ1) is 14.5. The van der Waals surface area contributed by atoms with Crippen LogP contribution in [0.3, 0.4) is 0 Å². The molecule has 0 spiro atoms. The molecule has 1 aromatic rings. The minimum atomic E-state index is -0.0992. The molecule has 1 aliphatic rings. The molecule has 2 amide bonds. The number of benzene rings is 1. The highest BCUT2D eigenvalue weighted by Crippen LogP contribution is 2.31. The predicted molar refractivity (Wildman–Crippen MR) is 80.1 cm³/mol. The largest absolute Gasteiger partial charge is 0.324 e. The van der Waals surface area contributed by atoms with Crippen molar-refractivity contribution in [1.82, 2.24) is 4.90 Å². The van der Waals surface area contributed by atoms with E-state index >= 15 is 0 Å². The van der Waals surface area contributed by atoms with E-state index in [1.165, 1.54) is 12.8 Å².